The Balaban J connectivity index is 1.59. The van der Waals surface area contributed by atoms with E-state index in [0.29, 0.717) is 18.8 Å². The molecular weight excluding hydrogens is 413 g/mol. The van der Waals surface area contributed by atoms with E-state index in [2.05, 4.69) is 26.3 Å². The smallest absolute Gasteiger partial charge is 0.287 e. The van der Waals surface area contributed by atoms with Gasteiger partial charge in [-0.25, -0.2) is 4.39 Å². The zero-order valence-corrected chi connectivity index (χ0v) is 17.0. The molecule has 1 atom stereocenters. The maximum Gasteiger partial charge on any atom is 0.287 e. The van der Waals surface area contributed by atoms with Gasteiger partial charge in [-0.15, -0.1) is 0 Å². The molecule has 1 amide bonds. The van der Waals surface area contributed by atoms with Gasteiger partial charge in [-0.1, -0.05) is 19.1 Å². The number of furan rings is 1. The topological polar surface area (TPSA) is 60.1 Å². The van der Waals surface area contributed by atoms with Crippen molar-refractivity contribution in [2.24, 2.45) is 0 Å². The predicted octanol–water partition coefficient (Wildman–Crippen LogP) is 4.58. The molecule has 0 fully saturated rings. The van der Waals surface area contributed by atoms with E-state index in [1.807, 2.05) is 25.5 Å². The number of carbonyl (C=O) groups excluding carboxylic acids is 1. The van der Waals surface area contributed by atoms with Crippen LogP contribution in [0.4, 0.5) is 4.39 Å². The first-order valence-electron chi connectivity index (χ1n) is 8.67. The number of carbonyl (C=O) groups is 1. The van der Waals surface area contributed by atoms with E-state index >= 15 is 0 Å². The van der Waals surface area contributed by atoms with Crippen LogP contribution in [-0.4, -0.2) is 22.2 Å². The van der Waals surface area contributed by atoms with Crippen LogP contribution in [0.25, 0.3) is 0 Å². The second-order valence-electron chi connectivity index (χ2n) is 6.57. The Kier molecular flexibility index (Phi) is 5.79. The van der Waals surface area contributed by atoms with Crippen LogP contribution in [0.2, 0.25) is 0 Å². The van der Waals surface area contributed by atoms with E-state index in [-0.39, 0.29) is 23.4 Å². The van der Waals surface area contributed by atoms with Crippen molar-refractivity contribution in [3.63, 3.8) is 0 Å². The molecule has 5 nitrogen and oxygen atoms in total. The highest BCUT2D eigenvalue weighted by Gasteiger charge is 2.15. The summed E-state index contributed by atoms with van der Waals surface area (Å²) in [5.74, 6) is 0.440. The van der Waals surface area contributed by atoms with Gasteiger partial charge in [-0.2, -0.15) is 5.10 Å². The lowest BCUT2D eigenvalue weighted by Gasteiger charge is -2.12. The van der Waals surface area contributed by atoms with Gasteiger partial charge in [0.1, 0.15) is 11.6 Å². The number of aryl methyl sites for hydroxylation is 1. The number of hydrogen-bond acceptors (Lipinski definition) is 3. The molecular formula is C20H21BrFN3O2. The average molecular weight is 434 g/mol. The first-order chi connectivity index (χ1) is 12.8. The van der Waals surface area contributed by atoms with E-state index in [9.17, 15) is 9.18 Å². The lowest BCUT2D eigenvalue weighted by Crippen LogP contribution is -2.27. The average Bonchev–Trinajstić information content (AvgIpc) is 3.21. The van der Waals surface area contributed by atoms with Crippen LogP contribution < -0.4 is 5.32 Å². The summed E-state index contributed by atoms with van der Waals surface area (Å²) in [5.41, 5.74) is 2.88. The first-order valence-corrected chi connectivity index (χ1v) is 9.46. The Morgan fingerprint density at radius 2 is 1.96 bits per heavy atom. The molecule has 2 heterocycles. The van der Waals surface area contributed by atoms with Crippen molar-refractivity contribution in [1.29, 1.82) is 0 Å². The molecule has 142 valence electrons. The lowest BCUT2D eigenvalue weighted by atomic mass is 10.0. The van der Waals surface area contributed by atoms with Crippen LogP contribution >= 0.6 is 15.9 Å². The number of nitrogens with zero attached hydrogens (tertiary/aromatic N) is 2. The van der Waals surface area contributed by atoms with Crippen molar-refractivity contribution in [1.82, 2.24) is 15.1 Å². The SMILES string of the molecule is Cc1nn(Cc2ccc(C(=O)NCC(C)c3ccc(F)cc3)o2)c(C)c1Br. The second-order valence-corrected chi connectivity index (χ2v) is 7.36. The molecule has 0 aliphatic carbocycles. The number of benzene rings is 1. The van der Waals surface area contributed by atoms with E-state index in [1.54, 1.807) is 24.3 Å². The Hall–Kier alpha value is -2.41. The summed E-state index contributed by atoms with van der Waals surface area (Å²) in [7, 11) is 0. The van der Waals surface area contributed by atoms with Crippen molar-refractivity contribution >= 4 is 21.8 Å². The van der Waals surface area contributed by atoms with Gasteiger partial charge in [0.2, 0.25) is 0 Å². The molecule has 3 aromatic rings. The largest absolute Gasteiger partial charge is 0.454 e. The fraction of sp³-hybridized carbons (Fsp3) is 0.300. The number of halogens is 2. The van der Waals surface area contributed by atoms with Gasteiger partial charge in [0, 0.05) is 6.54 Å². The van der Waals surface area contributed by atoms with E-state index in [1.165, 1.54) is 12.1 Å². The fourth-order valence-electron chi connectivity index (χ4n) is 2.80. The van der Waals surface area contributed by atoms with Crippen molar-refractivity contribution in [3.05, 3.63) is 75.2 Å². The zero-order chi connectivity index (χ0) is 19.6. The normalized spacial score (nSPS) is 12.2. The van der Waals surface area contributed by atoms with Gasteiger partial charge in [-0.3, -0.25) is 9.48 Å². The minimum absolute atomic E-state index is 0.0658. The molecule has 0 aliphatic heterocycles. The summed E-state index contributed by atoms with van der Waals surface area (Å²) in [6.45, 7) is 6.76. The van der Waals surface area contributed by atoms with Crippen LogP contribution in [0.3, 0.4) is 0 Å². The summed E-state index contributed by atoms with van der Waals surface area (Å²) in [4.78, 5) is 12.3. The third-order valence-corrected chi connectivity index (χ3v) is 5.64. The van der Waals surface area contributed by atoms with Gasteiger partial charge in [0.15, 0.2) is 5.76 Å². The van der Waals surface area contributed by atoms with Gasteiger partial charge >= 0.3 is 0 Å². The molecule has 0 saturated carbocycles. The third-order valence-electron chi connectivity index (χ3n) is 4.49. The minimum Gasteiger partial charge on any atom is -0.454 e. The molecule has 1 N–H and O–H groups in total. The Bertz CT molecular complexity index is 947. The first kappa shape index (κ1) is 19.4. The summed E-state index contributed by atoms with van der Waals surface area (Å²) in [6.07, 6.45) is 0. The quantitative estimate of drug-likeness (QED) is 0.618. The minimum atomic E-state index is -0.273. The molecule has 27 heavy (non-hydrogen) atoms. The van der Waals surface area contributed by atoms with Crippen LogP contribution in [0.15, 0.2) is 45.3 Å². The van der Waals surface area contributed by atoms with Gasteiger partial charge in [0.05, 0.1) is 22.4 Å². The maximum atomic E-state index is 13.0. The Labute approximate surface area is 165 Å². The number of rotatable bonds is 6. The highest BCUT2D eigenvalue weighted by Crippen LogP contribution is 2.21. The van der Waals surface area contributed by atoms with Crippen LogP contribution in [0, 0.1) is 19.7 Å². The molecule has 0 aliphatic rings. The highest BCUT2D eigenvalue weighted by atomic mass is 79.9. The fourth-order valence-corrected chi connectivity index (χ4v) is 3.09. The number of amides is 1. The zero-order valence-electron chi connectivity index (χ0n) is 15.4. The summed E-state index contributed by atoms with van der Waals surface area (Å²) in [5, 5.41) is 7.30. The van der Waals surface area contributed by atoms with Crippen LogP contribution in [-0.2, 0) is 6.54 Å². The number of nitrogens with one attached hydrogen (secondary N) is 1. The van der Waals surface area contributed by atoms with Gasteiger partial charge < -0.3 is 9.73 Å². The van der Waals surface area contributed by atoms with Gasteiger partial charge in [0.25, 0.3) is 5.91 Å². The molecule has 2 aromatic heterocycles. The highest BCUT2D eigenvalue weighted by molar-refractivity contribution is 9.10. The lowest BCUT2D eigenvalue weighted by molar-refractivity contribution is 0.0922. The summed E-state index contributed by atoms with van der Waals surface area (Å²) >= 11 is 3.50. The van der Waals surface area contributed by atoms with Crippen molar-refractivity contribution in [2.45, 2.75) is 33.2 Å². The standard InChI is InChI=1S/C20H21BrFN3O2/c1-12(15-4-6-16(22)7-5-15)10-23-20(26)18-9-8-17(27-18)11-25-14(3)19(21)13(2)24-25/h4-9,12H,10-11H2,1-3H3,(H,23,26). The molecule has 1 unspecified atom stereocenters. The predicted molar refractivity (Wildman–Crippen MR) is 104 cm³/mol. The molecule has 0 radical (unpaired) electrons. The molecule has 1 aromatic carbocycles. The molecule has 0 bridgehead atoms. The molecule has 7 heteroatoms. The van der Waals surface area contributed by atoms with Crippen molar-refractivity contribution in [2.75, 3.05) is 6.54 Å². The van der Waals surface area contributed by atoms with Crippen molar-refractivity contribution < 1.29 is 13.6 Å². The van der Waals surface area contributed by atoms with Crippen LogP contribution in [0.5, 0.6) is 0 Å². The van der Waals surface area contributed by atoms with E-state index in [4.69, 9.17) is 4.42 Å². The molecule has 0 saturated heterocycles. The Morgan fingerprint density at radius 1 is 1.26 bits per heavy atom. The summed E-state index contributed by atoms with van der Waals surface area (Å²) in [6, 6.07) is 9.73. The third kappa shape index (κ3) is 4.47. The van der Waals surface area contributed by atoms with Gasteiger partial charge in [-0.05, 0) is 65.5 Å². The Morgan fingerprint density at radius 3 is 2.59 bits per heavy atom. The second kappa shape index (κ2) is 8.08. The van der Waals surface area contributed by atoms with Crippen LogP contribution in [0.1, 0.15) is 46.1 Å². The van der Waals surface area contributed by atoms with Crippen molar-refractivity contribution in [3.8, 4) is 0 Å². The van der Waals surface area contributed by atoms with E-state index < -0.39 is 0 Å². The molecule has 3 rings (SSSR count). The van der Waals surface area contributed by atoms with E-state index in [0.717, 1.165) is 21.4 Å². The number of hydrogen-bond donors (Lipinski definition) is 1. The summed E-state index contributed by atoms with van der Waals surface area (Å²) < 4.78 is 21.5. The number of aromatic nitrogens is 2. The maximum absolute atomic E-state index is 13.0. The monoisotopic (exact) mass is 433 g/mol. The molecule has 0 spiro atoms.